The first kappa shape index (κ1) is 40.0. The Kier molecular flexibility index (Phi) is 9.80. The van der Waals surface area contributed by atoms with Crippen LogP contribution in [-0.2, 0) is 0 Å². The van der Waals surface area contributed by atoms with Crippen LogP contribution in [0.2, 0.25) is 0 Å². The Hall–Kier alpha value is -8.60. The van der Waals surface area contributed by atoms with Gasteiger partial charge in [-0.2, -0.15) is 0 Å². The number of nitrogens with zero attached hydrogens (tertiary/aromatic N) is 2. The van der Waals surface area contributed by atoms with E-state index < -0.39 is 0 Å². The van der Waals surface area contributed by atoms with Gasteiger partial charge in [0.2, 0.25) is 0 Å². The van der Waals surface area contributed by atoms with Gasteiger partial charge >= 0.3 is 0 Å². The van der Waals surface area contributed by atoms with Gasteiger partial charge in [-0.25, -0.2) is 0 Å². The molecule has 0 aromatic heterocycles. The number of benzene rings is 12. The number of hydrogen-bond acceptors (Lipinski definition) is 4. The second-order valence-corrected chi connectivity index (χ2v) is 17.3. The average molecular weight is 863 g/mol. The fraction of sp³-hybridized carbons (Fsp3) is 0.0476. The van der Waals surface area contributed by atoms with E-state index >= 15 is 0 Å². The zero-order chi connectivity index (χ0) is 45.0. The molecular formula is C63H46N2O2. The van der Waals surface area contributed by atoms with Crippen LogP contribution in [0, 0.1) is 6.92 Å². The first-order valence-electron chi connectivity index (χ1n) is 22.8. The van der Waals surface area contributed by atoms with Crippen molar-refractivity contribution in [2.75, 3.05) is 24.0 Å². The molecular weight excluding hydrogens is 817 g/mol. The Labute approximate surface area is 390 Å². The largest absolute Gasteiger partial charge is 0.497 e. The van der Waals surface area contributed by atoms with E-state index in [1.165, 1.54) is 59.8 Å². The molecule has 0 amide bonds. The van der Waals surface area contributed by atoms with Crippen LogP contribution in [0.15, 0.2) is 224 Å². The molecule has 12 aromatic carbocycles. The summed E-state index contributed by atoms with van der Waals surface area (Å²) in [5.41, 5.74) is 10.3. The SMILES string of the molecule is COc1ccc2cc(N(c3ccccc3)c3c4ccccc4c(-c4c5ccccc5c(N(c5ccc(C)cc5)c5ccc6cc(OC)ccc6c5)c5ccccc45)c4ccccc34)ccc2c1. The number of aryl methyl sites for hydroxylation is 1. The Morgan fingerprint density at radius 3 is 0.985 bits per heavy atom. The van der Waals surface area contributed by atoms with Crippen molar-refractivity contribution in [1.82, 2.24) is 0 Å². The average Bonchev–Trinajstić information content (AvgIpc) is 3.39. The molecule has 4 heteroatoms. The summed E-state index contributed by atoms with van der Waals surface area (Å²) in [6.45, 7) is 2.15. The number of fused-ring (bicyclic) bond motifs is 6. The van der Waals surface area contributed by atoms with Crippen molar-refractivity contribution in [2.24, 2.45) is 0 Å². The molecule has 0 aliphatic heterocycles. The molecule has 0 radical (unpaired) electrons. The van der Waals surface area contributed by atoms with Crippen LogP contribution in [-0.4, -0.2) is 14.2 Å². The van der Waals surface area contributed by atoms with E-state index in [4.69, 9.17) is 9.47 Å². The third-order valence-electron chi connectivity index (χ3n) is 13.4. The zero-order valence-corrected chi connectivity index (χ0v) is 37.6. The first-order valence-corrected chi connectivity index (χ1v) is 22.8. The van der Waals surface area contributed by atoms with Crippen LogP contribution in [0.5, 0.6) is 11.5 Å². The zero-order valence-electron chi connectivity index (χ0n) is 37.6. The van der Waals surface area contributed by atoms with Crippen molar-refractivity contribution in [2.45, 2.75) is 6.92 Å². The van der Waals surface area contributed by atoms with Crippen LogP contribution in [0.3, 0.4) is 0 Å². The number of anilines is 6. The molecule has 0 saturated carbocycles. The molecule has 0 aliphatic carbocycles. The second kappa shape index (κ2) is 16.4. The van der Waals surface area contributed by atoms with Crippen molar-refractivity contribution >= 4 is 98.8 Å². The summed E-state index contributed by atoms with van der Waals surface area (Å²) in [5, 5.41) is 14.0. The molecule has 0 fully saturated rings. The molecule has 12 aromatic rings. The van der Waals surface area contributed by atoms with Crippen LogP contribution < -0.4 is 19.3 Å². The quantitative estimate of drug-likeness (QED) is 0.135. The molecule has 0 atom stereocenters. The molecule has 0 aliphatic rings. The van der Waals surface area contributed by atoms with E-state index in [-0.39, 0.29) is 0 Å². The standard InChI is InChI=1S/C63H46N2O2/c1-41-25-31-47(32-26-41)65(49-34-28-45-40-51(67-3)36-30-43(45)38-49)63-58-23-13-9-19-54(58)61(55-20-10-14-24-59(55)63)60-52-17-7-11-21-56(52)62(57-22-12-8-18-53(57)60)64(46-15-5-4-6-16-46)48-33-27-44-39-50(66-2)35-29-42(44)37-48/h4-40H,1-3H3. The topological polar surface area (TPSA) is 24.9 Å². The number of para-hydroxylation sites is 1. The summed E-state index contributed by atoms with van der Waals surface area (Å²) >= 11 is 0. The van der Waals surface area contributed by atoms with Gasteiger partial charge in [-0.05, 0) is 134 Å². The Bertz CT molecular complexity index is 3750. The molecule has 0 heterocycles. The van der Waals surface area contributed by atoms with Gasteiger partial charge in [-0.3, -0.25) is 0 Å². The van der Waals surface area contributed by atoms with E-state index in [1.54, 1.807) is 14.2 Å². The van der Waals surface area contributed by atoms with Crippen molar-refractivity contribution in [1.29, 1.82) is 0 Å². The summed E-state index contributed by atoms with van der Waals surface area (Å²) in [5.74, 6) is 1.69. The van der Waals surface area contributed by atoms with E-state index in [9.17, 15) is 0 Å². The second-order valence-electron chi connectivity index (χ2n) is 17.3. The van der Waals surface area contributed by atoms with Crippen LogP contribution in [0.25, 0.3) is 75.8 Å². The fourth-order valence-electron chi connectivity index (χ4n) is 10.3. The first-order chi connectivity index (χ1) is 33.1. The monoisotopic (exact) mass is 862 g/mol. The van der Waals surface area contributed by atoms with Crippen molar-refractivity contribution in [3.63, 3.8) is 0 Å². The van der Waals surface area contributed by atoms with Gasteiger partial charge in [0.05, 0.1) is 25.6 Å². The summed E-state index contributed by atoms with van der Waals surface area (Å²) in [6.07, 6.45) is 0. The minimum atomic E-state index is 0.846. The van der Waals surface area contributed by atoms with Crippen LogP contribution in [0.4, 0.5) is 34.1 Å². The van der Waals surface area contributed by atoms with Crippen molar-refractivity contribution < 1.29 is 9.47 Å². The fourth-order valence-corrected chi connectivity index (χ4v) is 10.3. The third-order valence-corrected chi connectivity index (χ3v) is 13.4. The number of hydrogen-bond donors (Lipinski definition) is 0. The van der Waals surface area contributed by atoms with Crippen LogP contribution >= 0.6 is 0 Å². The third kappa shape index (κ3) is 6.76. The highest BCUT2D eigenvalue weighted by Gasteiger charge is 2.27. The predicted molar refractivity (Wildman–Crippen MR) is 284 cm³/mol. The van der Waals surface area contributed by atoms with E-state index in [0.717, 1.165) is 67.2 Å². The molecule has 12 rings (SSSR count). The van der Waals surface area contributed by atoms with Gasteiger partial charge in [0.1, 0.15) is 11.5 Å². The smallest absolute Gasteiger partial charge is 0.119 e. The summed E-state index contributed by atoms with van der Waals surface area (Å²) < 4.78 is 11.2. The van der Waals surface area contributed by atoms with Gasteiger partial charge in [-0.15, -0.1) is 0 Å². The Morgan fingerprint density at radius 1 is 0.284 bits per heavy atom. The highest BCUT2D eigenvalue weighted by Crippen LogP contribution is 2.54. The van der Waals surface area contributed by atoms with Gasteiger partial charge in [-0.1, -0.05) is 157 Å². The predicted octanol–water partition coefficient (Wildman–Crippen LogP) is 17.5. The van der Waals surface area contributed by atoms with Crippen molar-refractivity contribution in [3.8, 4) is 22.6 Å². The van der Waals surface area contributed by atoms with E-state index in [0.29, 0.717) is 0 Å². The summed E-state index contributed by atoms with van der Waals surface area (Å²) in [6, 6.07) is 81.7. The normalized spacial score (nSPS) is 11.5. The summed E-state index contributed by atoms with van der Waals surface area (Å²) in [4.78, 5) is 4.89. The van der Waals surface area contributed by atoms with Gasteiger partial charge < -0.3 is 19.3 Å². The molecule has 0 bridgehead atoms. The Morgan fingerprint density at radius 2 is 0.597 bits per heavy atom. The maximum atomic E-state index is 5.61. The maximum Gasteiger partial charge on any atom is 0.119 e. The minimum absolute atomic E-state index is 0.846. The molecule has 0 N–H and O–H groups in total. The molecule has 320 valence electrons. The minimum Gasteiger partial charge on any atom is -0.497 e. The molecule has 0 saturated heterocycles. The molecule has 67 heavy (non-hydrogen) atoms. The number of ether oxygens (including phenoxy) is 2. The van der Waals surface area contributed by atoms with E-state index in [1.807, 2.05) is 12.1 Å². The molecule has 0 spiro atoms. The Balaban J connectivity index is 1.16. The van der Waals surface area contributed by atoms with E-state index in [2.05, 4.69) is 229 Å². The van der Waals surface area contributed by atoms with Crippen molar-refractivity contribution in [3.05, 3.63) is 230 Å². The molecule has 4 nitrogen and oxygen atoms in total. The lowest BCUT2D eigenvalue weighted by molar-refractivity contribution is 0.415. The number of methoxy groups -OCH3 is 2. The highest BCUT2D eigenvalue weighted by atomic mass is 16.5. The lowest BCUT2D eigenvalue weighted by Crippen LogP contribution is -2.12. The lowest BCUT2D eigenvalue weighted by atomic mass is 9.84. The molecule has 0 unspecified atom stereocenters. The maximum absolute atomic E-state index is 5.61. The van der Waals surface area contributed by atoms with Crippen LogP contribution in [0.1, 0.15) is 5.56 Å². The van der Waals surface area contributed by atoms with Gasteiger partial charge in [0.25, 0.3) is 0 Å². The highest BCUT2D eigenvalue weighted by molar-refractivity contribution is 6.30. The van der Waals surface area contributed by atoms with Gasteiger partial charge in [0.15, 0.2) is 0 Å². The number of rotatable bonds is 9. The van der Waals surface area contributed by atoms with Gasteiger partial charge in [0, 0.05) is 44.3 Å². The lowest BCUT2D eigenvalue weighted by Gasteiger charge is -2.31. The summed E-state index contributed by atoms with van der Waals surface area (Å²) in [7, 11) is 3.44.